The molecule has 2 aromatic carbocycles. The second-order valence-corrected chi connectivity index (χ2v) is 5.65. The zero-order valence-corrected chi connectivity index (χ0v) is 13.0. The van der Waals surface area contributed by atoms with Crippen LogP contribution in [0.4, 0.5) is 13.2 Å². The lowest BCUT2D eigenvalue weighted by molar-refractivity contribution is 0.488. The van der Waals surface area contributed by atoms with Crippen molar-refractivity contribution < 1.29 is 13.2 Å². The number of rotatable bonds is 4. The van der Waals surface area contributed by atoms with Crippen molar-refractivity contribution in [1.82, 2.24) is 5.43 Å². The monoisotopic (exact) mass is 378 g/mol. The van der Waals surface area contributed by atoms with E-state index in [1.165, 1.54) is 24.3 Å². The third kappa shape index (κ3) is 3.58. The van der Waals surface area contributed by atoms with Crippen molar-refractivity contribution >= 4 is 27.5 Å². The van der Waals surface area contributed by atoms with E-state index in [1.807, 2.05) is 0 Å². The fraction of sp³-hybridized carbons (Fsp3) is 0.143. The molecule has 1 unspecified atom stereocenters. The summed E-state index contributed by atoms with van der Waals surface area (Å²) in [6, 6.07) is 5.91. The van der Waals surface area contributed by atoms with E-state index in [0.29, 0.717) is 16.1 Å². The fourth-order valence-electron chi connectivity index (χ4n) is 1.99. The minimum absolute atomic E-state index is 0.0483. The Hall–Kier alpha value is -1.08. The van der Waals surface area contributed by atoms with Crippen molar-refractivity contribution in [3.63, 3.8) is 0 Å². The molecule has 0 bridgehead atoms. The van der Waals surface area contributed by atoms with E-state index in [-0.39, 0.29) is 10.9 Å². The normalized spacial score (nSPS) is 12.5. The van der Waals surface area contributed by atoms with Gasteiger partial charge in [0.1, 0.15) is 5.82 Å². The van der Waals surface area contributed by atoms with Crippen LogP contribution in [0.3, 0.4) is 0 Å². The summed E-state index contributed by atoms with van der Waals surface area (Å²) in [4.78, 5) is 0. The summed E-state index contributed by atoms with van der Waals surface area (Å²) in [5, 5.41) is 0.381. The standard InChI is InChI=1S/C14H11BrClF3N2/c15-13-9(2-4-11(18)14(13)19)12(21-20)6-7-5-8(16)1-3-10(7)17/h1-5,12,21H,6,20H2. The molecule has 0 fully saturated rings. The van der Waals surface area contributed by atoms with Gasteiger partial charge in [0.15, 0.2) is 11.6 Å². The van der Waals surface area contributed by atoms with Gasteiger partial charge in [-0.15, -0.1) is 0 Å². The zero-order valence-electron chi connectivity index (χ0n) is 10.6. The predicted octanol–water partition coefficient (Wildman–Crippen LogP) is 4.27. The minimum atomic E-state index is -1.01. The topological polar surface area (TPSA) is 38.0 Å². The molecule has 0 aliphatic rings. The molecule has 0 aromatic heterocycles. The van der Waals surface area contributed by atoms with Crippen molar-refractivity contribution in [2.75, 3.05) is 0 Å². The van der Waals surface area contributed by atoms with Crippen LogP contribution in [-0.2, 0) is 6.42 Å². The first kappa shape index (κ1) is 16.3. The highest BCUT2D eigenvalue weighted by Crippen LogP contribution is 2.30. The van der Waals surface area contributed by atoms with E-state index < -0.39 is 23.5 Å². The SMILES string of the molecule is NNC(Cc1cc(Cl)ccc1F)c1ccc(F)c(F)c1Br. The van der Waals surface area contributed by atoms with Gasteiger partial charge in [0.25, 0.3) is 0 Å². The molecule has 0 aliphatic heterocycles. The van der Waals surface area contributed by atoms with Crippen LogP contribution in [0.25, 0.3) is 0 Å². The first-order chi connectivity index (χ1) is 9.93. The summed E-state index contributed by atoms with van der Waals surface area (Å²) in [6.07, 6.45) is 0.132. The molecule has 1 atom stereocenters. The van der Waals surface area contributed by atoms with E-state index in [4.69, 9.17) is 17.4 Å². The molecule has 3 N–H and O–H groups in total. The van der Waals surface area contributed by atoms with E-state index >= 15 is 0 Å². The molecule has 0 saturated carbocycles. The predicted molar refractivity (Wildman–Crippen MR) is 79.2 cm³/mol. The molecule has 0 aliphatic carbocycles. The quantitative estimate of drug-likeness (QED) is 0.473. The summed E-state index contributed by atoms with van der Waals surface area (Å²) in [7, 11) is 0. The Labute approximate surface area is 133 Å². The maximum Gasteiger partial charge on any atom is 0.173 e. The molecule has 0 heterocycles. The Morgan fingerprint density at radius 3 is 2.48 bits per heavy atom. The van der Waals surface area contributed by atoms with Crippen molar-refractivity contribution in [1.29, 1.82) is 0 Å². The van der Waals surface area contributed by atoms with Crippen molar-refractivity contribution in [2.24, 2.45) is 5.84 Å². The fourth-order valence-corrected chi connectivity index (χ4v) is 2.78. The lowest BCUT2D eigenvalue weighted by Crippen LogP contribution is -2.30. The maximum atomic E-state index is 13.8. The van der Waals surface area contributed by atoms with Crippen LogP contribution in [0, 0.1) is 17.5 Å². The molecule has 7 heteroatoms. The number of hydrogen-bond acceptors (Lipinski definition) is 2. The van der Waals surface area contributed by atoms with E-state index in [2.05, 4.69) is 21.4 Å². The molecular formula is C14H11BrClF3N2. The Balaban J connectivity index is 2.37. The van der Waals surface area contributed by atoms with E-state index in [9.17, 15) is 13.2 Å². The van der Waals surface area contributed by atoms with Gasteiger partial charge in [-0.3, -0.25) is 11.3 Å². The minimum Gasteiger partial charge on any atom is -0.271 e. The van der Waals surface area contributed by atoms with Gasteiger partial charge in [-0.25, -0.2) is 13.2 Å². The lowest BCUT2D eigenvalue weighted by atomic mass is 9.99. The van der Waals surface area contributed by atoms with Crippen LogP contribution in [0.5, 0.6) is 0 Å². The molecule has 0 radical (unpaired) electrons. The van der Waals surface area contributed by atoms with Gasteiger partial charge in [-0.2, -0.15) is 0 Å². The molecule has 2 aromatic rings. The Morgan fingerprint density at radius 1 is 1.14 bits per heavy atom. The van der Waals surface area contributed by atoms with Gasteiger partial charge in [0, 0.05) is 5.02 Å². The van der Waals surface area contributed by atoms with E-state index in [1.54, 1.807) is 0 Å². The van der Waals surface area contributed by atoms with Crippen molar-refractivity contribution in [2.45, 2.75) is 12.5 Å². The molecule has 21 heavy (non-hydrogen) atoms. The van der Waals surface area contributed by atoms with Crippen LogP contribution in [0.1, 0.15) is 17.2 Å². The first-order valence-corrected chi connectivity index (χ1v) is 7.14. The van der Waals surface area contributed by atoms with Gasteiger partial charge < -0.3 is 0 Å². The number of nitrogens with one attached hydrogen (secondary N) is 1. The molecule has 0 amide bonds. The van der Waals surface area contributed by atoms with E-state index in [0.717, 1.165) is 6.07 Å². The van der Waals surface area contributed by atoms with Crippen LogP contribution >= 0.6 is 27.5 Å². The highest BCUT2D eigenvalue weighted by molar-refractivity contribution is 9.10. The van der Waals surface area contributed by atoms with Gasteiger partial charge >= 0.3 is 0 Å². The summed E-state index contributed by atoms with van der Waals surface area (Å²) in [5.74, 6) is 3.02. The summed E-state index contributed by atoms with van der Waals surface area (Å²) in [5.41, 5.74) is 3.18. The smallest absolute Gasteiger partial charge is 0.173 e. The molecule has 2 nitrogen and oxygen atoms in total. The molecule has 0 saturated heterocycles. The average Bonchev–Trinajstić information content (AvgIpc) is 2.46. The third-order valence-corrected chi connectivity index (χ3v) is 4.11. The van der Waals surface area contributed by atoms with Crippen LogP contribution in [0.2, 0.25) is 5.02 Å². The van der Waals surface area contributed by atoms with Gasteiger partial charge in [-0.1, -0.05) is 17.7 Å². The third-order valence-electron chi connectivity index (χ3n) is 3.07. The number of nitrogens with two attached hydrogens (primary N) is 1. The molecular weight excluding hydrogens is 369 g/mol. The van der Waals surface area contributed by atoms with Crippen molar-refractivity contribution in [3.05, 3.63) is 68.4 Å². The van der Waals surface area contributed by atoms with Gasteiger partial charge in [0.05, 0.1) is 10.5 Å². The largest absolute Gasteiger partial charge is 0.271 e. The maximum absolute atomic E-state index is 13.8. The summed E-state index contributed by atoms with van der Waals surface area (Å²) < 4.78 is 40.4. The molecule has 2 rings (SSSR count). The highest BCUT2D eigenvalue weighted by atomic mass is 79.9. The summed E-state index contributed by atoms with van der Waals surface area (Å²) in [6.45, 7) is 0. The Bertz CT molecular complexity index is 667. The second-order valence-electron chi connectivity index (χ2n) is 4.42. The van der Waals surface area contributed by atoms with Crippen LogP contribution < -0.4 is 11.3 Å². The van der Waals surface area contributed by atoms with Gasteiger partial charge in [0.2, 0.25) is 0 Å². The number of halogens is 5. The molecule has 0 spiro atoms. The average molecular weight is 380 g/mol. The second kappa shape index (κ2) is 6.79. The first-order valence-electron chi connectivity index (χ1n) is 5.97. The molecule has 112 valence electrons. The van der Waals surface area contributed by atoms with Crippen LogP contribution in [-0.4, -0.2) is 0 Å². The van der Waals surface area contributed by atoms with Gasteiger partial charge in [-0.05, 0) is 57.7 Å². The Kier molecular flexibility index (Phi) is 5.27. The zero-order chi connectivity index (χ0) is 15.6. The summed E-state index contributed by atoms with van der Waals surface area (Å²) >= 11 is 8.82. The van der Waals surface area contributed by atoms with Crippen molar-refractivity contribution in [3.8, 4) is 0 Å². The Morgan fingerprint density at radius 2 is 1.81 bits per heavy atom. The number of benzene rings is 2. The highest BCUT2D eigenvalue weighted by Gasteiger charge is 2.20. The number of hydrogen-bond donors (Lipinski definition) is 2. The number of hydrazine groups is 1. The lowest BCUT2D eigenvalue weighted by Gasteiger charge is -2.19. The van der Waals surface area contributed by atoms with Crippen LogP contribution in [0.15, 0.2) is 34.8 Å².